The van der Waals surface area contributed by atoms with Crippen LogP contribution in [0.2, 0.25) is 0 Å². The Balaban J connectivity index is 1.62. The van der Waals surface area contributed by atoms with E-state index >= 15 is 0 Å². The Hall–Kier alpha value is -0.450. The minimum absolute atomic E-state index is 0.0433. The third kappa shape index (κ3) is 2.62. The zero-order valence-electron chi connectivity index (χ0n) is 16.6. The highest BCUT2D eigenvalue weighted by atomic mass is 16.5. The molecule has 0 spiro atoms. The van der Waals surface area contributed by atoms with Gasteiger partial charge in [-0.05, 0) is 85.9 Å². The van der Waals surface area contributed by atoms with E-state index in [1.165, 1.54) is 6.42 Å². The average molecular weight is 365 g/mol. The summed E-state index contributed by atoms with van der Waals surface area (Å²) in [4.78, 5) is 12.7. The third-order valence-corrected chi connectivity index (χ3v) is 9.24. The molecule has 0 radical (unpaired) electrons. The summed E-state index contributed by atoms with van der Waals surface area (Å²) in [5.41, 5.74) is 0.0745. The van der Waals surface area contributed by atoms with Crippen molar-refractivity contribution >= 4 is 5.78 Å². The van der Waals surface area contributed by atoms with Crippen LogP contribution in [-0.4, -0.2) is 41.9 Å². The van der Waals surface area contributed by atoms with Gasteiger partial charge >= 0.3 is 0 Å². The van der Waals surface area contributed by atoms with Gasteiger partial charge in [-0.15, -0.1) is 0 Å². The number of ketones is 1. The van der Waals surface area contributed by atoms with Crippen molar-refractivity contribution in [3.05, 3.63) is 0 Å². The van der Waals surface area contributed by atoms with E-state index in [0.29, 0.717) is 23.7 Å². The maximum atomic E-state index is 12.7. The molecule has 2 N–H and O–H groups in total. The molecule has 4 nitrogen and oxygen atoms in total. The van der Waals surface area contributed by atoms with Gasteiger partial charge in [0.1, 0.15) is 6.61 Å². The second kappa shape index (κ2) is 6.56. The van der Waals surface area contributed by atoms with Crippen molar-refractivity contribution < 1.29 is 19.7 Å². The van der Waals surface area contributed by atoms with Gasteiger partial charge in [0.15, 0.2) is 5.78 Å². The van der Waals surface area contributed by atoms with Gasteiger partial charge in [0, 0.05) is 13.0 Å². The molecule has 26 heavy (non-hydrogen) atoms. The Kier molecular flexibility index (Phi) is 4.77. The number of carbonyl (C=O) groups is 1. The van der Waals surface area contributed by atoms with Gasteiger partial charge < -0.3 is 14.9 Å². The molecule has 4 saturated carbocycles. The third-order valence-electron chi connectivity index (χ3n) is 9.24. The van der Waals surface area contributed by atoms with Crippen LogP contribution in [0.25, 0.3) is 0 Å². The first-order valence-corrected chi connectivity index (χ1v) is 10.7. The highest BCUT2D eigenvalue weighted by Gasteiger charge is 2.63. The molecule has 0 unspecified atom stereocenters. The summed E-state index contributed by atoms with van der Waals surface area (Å²) in [6.07, 6.45) is 7.49. The molecule has 0 aromatic rings. The number of ether oxygens (including phenoxy) is 1. The molecule has 0 heterocycles. The predicted molar refractivity (Wildman–Crippen MR) is 99.5 cm³/mol. The molecular formula is C22H36O4. The number of methoxy groups -OCH3 is 1. The average Bonchev–Trinajstić information content (AvgIpc) is 2.92. The van der Waals surface area contributed by atoms with Gasteiger partial charge in [-0.2, -0.15) is 0 Å². The van der Waals surface area contributed by atoms with Crippen molar-refractivity contribution in [2.45, 2.75) is 77.4 Å². The first kappa shape index (κ1) is 18.9. The Labute approximate surface area is 157 Å². The standard InChI is InChI=1S/C22H36O4/c1-21-9-8-14(23)10-13(21)4-5-15-16-6-7-17(19(25)12-26-3)22(16,2)11-18(24)20(15)21/h13-18,20,23-24H,4-12H2,1-3H3/t13-,14+,15-,16-,17+,18-,20+,21-,22-/m0/s1. The van der Waals surface area contributed by atoms with Crippen molar-refractivity contribution in [3.63, 3.8) is 0 Å². The Morgan fingerprint density at radius 2 is 1.85 bits per heavy atom. The maximum absolute atomic E-state index is 12.7. The molecule has 4 aliphatic carbocycles. The number of carbonyl (C=O) groups excluding carboxylic acids is 1. The summed E-state index contributed by atoms with van der Waals surface area (Å²) in [6.45, 7) is 4.85. The maximum Gasteiger partial charge on any atom is 0.162 e. The van der Waals surface area contributed by atoms with Gasteiger partial charge in [0.05, 0.1) is 12.2 Å². The quantitative estimate of drug-likeness (QED) is 0.807. The lowest BCUT2D eigenvalue weighted by Gasteiger charge is -2.62. The van der Waals surface area contributed by atoms with Crippen molar-refractivity contribution in [2.75, 3.05) is 13.7 Å². The van der Waals surface area contributed by atoms with E-state index in [1.54, 1.807) is 7.11 Å². The predicted octanol–water partition coefficient (Wildman–Crippen LogP) is 3.19. The summed E-state index contributed by atoms with van der Waals surface area (Å²) in [7, 11) is 1.60. The van der Waals surface area contributed by atoms with E-state index in [0.717, 1.165) is 44.9 Å². The van der Waals surface area contributed by atoms with E-state index in [9.17, 15) is 15.0 Å². The largest absolute Gasteiger partial charge is 0.393 e. The second-order valence-corrected chi connectivity index (χ2v) is 10.3. The van der Waals surface area contributed by atoms with Gasteiger partial charge in [0.25, 0.3) is 0 Å². The molecule has 0 aromatic heterocycles. The summed E-state index contributed by atoms with van der Waals surface area (Å²) in [5.74, 6) is 2.22. The fourth-order valence-electron chi connectivity index (χ4n) is 8.13. The number of aliphatic hydroxyl groups excluding tert-OH is 2. The van der Waals surface area contributed by atoms with Crippen LogP contribution in [0.3, 0.4) is 0 Å². The van der Waals surface area contributed by atoms with Crippen LogP contribution in [-0.2, 0) is 9.53 Å². The number of aliphatic hydroxyl groups is 2. The number of hydrogen-bond acceptors (Lipinski definition) is 4. The molecule has 4 fully saturated rings. The van der Waals surface area contributed by atoms with Gasteiger partial charge in [0.2, 0.25) is 0 Å². The van der Waals surface area contributed by atoms with Crippen LogP contribution in [0.15, 0.2) is 0 Å². The molecule has 0 saturated heterocycles. The van der Waals surface area contributed by atoms with Crippen LogP contribution in [0.4, 0.5) is 0 Å². The number of rotatable bonds is 3. The lowest BCUT2D eigenvalue weighted by atomic mass is 9.44. The van der Waals surface area contributed by atoms with Crippen LogP contribution >= 0.6 is 0 Å². The molecule has 4 heteroatoms. The summed E-state index contributed by atoms with van der Waals surface area (Å²) >= 11 is 0. The second-order valence-electron chi connectivity index (χ2n) is 10.3. The van der Waals surface area contributed by atoms with E-state index in [-0.39, 0.29) is 41.3 Å². The Morgan fingerprint density at radius 3 is 2.58 bits per heavy atom. The molecule has 4 rings (SSSR count). The highest BCUT2D eigenvalue weighted by Crippen LogP contribution is 2.67. The molecule has 0 bridgehead atoms. The number of hydrogen-bond donors (Lipinski definition) is 2. The summed E-state index contributed by atoms with van der Waals surface area (Å²) < 4.78 is 5.14. The van der Waals surface area contributed by atoms with E-state index < -0.39 is 0 Å². The first-order chi connectivity index (χ1) is 12.3. The van der Waals surface area contributed by atoms with Gasteiger partial charge in [-0.25, -0.2) is 0 Å². The smallest absolute Gasteiger partial charge is 0.162 e. The Morgan fingerprint density at radius 1 is 1.08 bits per heavy atom. The van der Waals surface area contributed by atoms with Crippen LogP contribution in [0.1, 0.15) is 65.2 Å². The van der Waals surface area contributed by atoms with E-state index in [2.05, 4.69) is 13.8 Å². The lowest BCUT2D eigenvalue weighted by molar-refractivity contribution is -0.179. The Bertz CT molecular complexity index is 562. The molecule has 4 aliphatic rings. The minimum Gasteiger partial charge on any atom is -0.393 e. The minimum atomic E-state index is -0.319. The molecule has 148 valence electrons. The van der Waals surface area contributed by atoms with Crippen molar-refractivity contribution in [2.24, 2.45) is 40.4 Å². The molecule has 0 aliphatic heterocycles. The van der Waals surface area contributed by atoms with Gasteiger partial charge in [-0.1, -0.05) is 13.8 Å². The monoisotopic (exact) mass is 364 g/mol. The van der Waals surface area contributed by atoms with Crippen molar-refractivity contribution in [3.8, 4) is 0 Å². The van der Waals surface area contributed by atoms with E-state index in [4.69, 9.17) is 4.74 Å². The van der Waals surface area contributed by atoms with Gasteiger partial charge in [-0.3, -0.25) is 4.79 Å². The first-order valence-electron chi connectivity index (χ1n) is 10.7. The number of fused-ring (bicyclic) bond motifs is 5. The normalized spacial score (nSPS) is 53.5. The van der Waals surface area contributed by atoms with E-state index in [1.807, 2.05) is 0 Å². The zero-order chi connectivity index (χ0) is 18.7. The zero-order valence-corrected chi connectivity index (χ0v) is 16.6. The summed E-state index contributed by atoms with van der Waals surface area (Å²) in [6, 6.07) is 0. The van der Waals surface area contributed by atoms with Crippen LogP contribution < -0.4 is 0 Å². The van der Waals surface area contributed by atoms with Crippen LogP contribution in [0, 0.1) is 40.4 Å². The fourth-order valence-corrected chi connectivity index (χ4v) is 8.13. The molecular weight excluding hydrogens is 328 g/mol. The highest BCUT2D eigenvalue weighted by molar-refractivity contribution is 5.83. The van der Waals surface area contributed by atoms with Crippen molar-refractivity contribution in [1.82, 2.24) is 0 Å². The fraction of sp³-hybridized carbons (Fsp3) is 0.955. The van der Waals surface area contributed by atoms with Crippen molar-refractivity contribution in [1.29, 1.82) is 0 Å². The number of Topliss-reactive ketones (excluding diaryl/α,β-unsaturated/α-hetero) is 1. The SMILES string of the molecule is COCC(=O)[C@H]1CC[C@H]2[C@@H]3CC[C@H]4C[C@H](O)CC[C@]4(C)[C@H]3[C@@H](O)C[C@]12C. The summed E-state index contributed by atoms with van der Waals surface area (Å²) in [5, 5.41) is 21.5. The topological polar surface area (TPSA) is 66.8 Å². The molecule has 0 aromatic carbocycles. The molecule has 0 amide bonds. The molecule has 9 atom stereocenters. The van der Waals surface area contributed by atoms with Crippen LogP contribution in [0.5, 0.6) is 0 Å². The lowest BCUT2D eigenvalue weighted by Crippen LogP contribution is -2.59.